The molecule has 0 unspecified atom stereocenters. The van der Waals surface area contributed by atoms with E-state index in [1.54, 1.807) is 0 Å². The van der Waals surface area contributed by atoms with Crippen LogP contribution in [0.2, 0.25) is 0 Å². The van der Waals surface area contributed by atoms with E-state index in [1.165, 1.54) is 7.11 Å². The van der Waals surface area contributed by atoms with Crippen LogP contribution in [0.3, 0.4) is 0 Å². The fraction of sp³-hybridized carbons (Fsp3) is 0.700. The van der Waals surface area contributed by atoms with Gasteiger partial charge in [-0.1, -0.05) is 58.0 Å². The van der Waals surface area contributed by atoms with E-state index >= 15 is 0 Å². The first-order chi connectivity index (χ1) is 16.9. The van der Waals surface area contributed by atoms with E-state index in [2.05, 4.69) is 27.7 Å². The van der Waals surface area contributed by atoms with Gasteiger partial charge in [-0.3, -0.25) is 14.4 Å². The Hall–Kier alpha value is -2.21. The van der Waals surface area contributed by atoms with Gasteiger partial charge in [0.15, 0.2) is 0 Å². The maximum absolute atomic E-state index is 13.4. The van der Waals surface area contributed by atoms with E-state index in [0.29, 0.717) is 25.7 Å². The Kier molecular flexibility index (Phi) is 7.40. The van der Waals surface area contributed by atoms with Gasteiger partial charge in [-0.2, -0.15) is 0 Å². The summed E-state index contributed by atoms with van der Waals surface area (Å²) in [4.78, 5) is 38.4. The maximum Gasteiger partial charge on any atom is 0.306 e. The molecule has 0 radical (unpaired) electrons. The van der Waals surface area contributed by atoms with Crippen LogP contribution in [0.5, 0.6) is 0 Å². The quantitative estimate of drug-likeness (QED) is 0.561. The summed E-state index contributed by atoms with van der Waals surface area (Å²) < 4.78 is 11.0. The van der Waals surface area contributed by atoms with Gasteiger partial charge in [0.2, 0.25) is 0 Å². The molecule has 0 aliphatic heterocycles. The third-order valence-electron chi connectivity index (χ3n) is 10.3. The van der Waals surface area contributed by atoms with Crippen LogP contribution in [0, 0.1) is 34.5 Å². The first-order valence-electron chi connectivity index (χ1n) is 13.5. The lowest BCUT2D eigenvalue weighted by molar-refractivity contribution is -0.284. The molecular formula is C30H42O6. The van der Waals surface area contributed by atoms with Crippen molar-refractivity contribution in [3.63, 3.8) is 0 Å². The Balaban J connectivity index is 1.60. The van der Waals surface area contributed by atoms with Crippen LogP contribution in [-0.2, 0) is 30.3 Å². The van der Waals surface area contributed by atoms with Crippen molar-refractivity contribution in [3.05, 3.63) is 35.9 Å². The van der Waals surface area contributed by atoms with Gasteiger partial charge in [-0.25, -0.2) is 0 Å². The van der Waals surface area contributed by atoms with Gasteiger partial charge in [-0.15, -0.1) is 0 Å². The lowest BCUT2D eigenvalue weighted by Crippen LogP contribution is -2.72. The number of ether oxygens (including phenoxy) is 2. The van der Waals surface area contributed by atoms with Crippen LogP contribution in [0.15, 0.2) is 30.3 Å². The highest BCUT2D eigenvalue weighted by atomic mass is 16.5. The smallest absolute Gasteiger partial charge is 0.306 e. The fourth-order valence-corrected chi connectivity index (χ4v) is 7.97. The minimum absolute atomic E-state index is 0.00352. The molecule has 1 aromatic rings. The summed E-state index contributed by atoms with van der Waals surface area (Å²) in [5, 5.41) is 12.4. The molecule has 7 atom stereocenters. The first kappa shape index (κ1) is 26.8. The average molecular weight is 499 g/mol. The zero-order valence-electron chi connectivity index (χ0n) is 22.4. The Bertz CT molecular complexity index is 986. The van der Waals surface area contributed by atoms with Crippen molar-refractivity contribution >= 4 is 17.7 Å². The standard InChI is InChI=1S/C30H42O6/c1-19-21-13-16-30(34)28(2,3)15-14-25(36-26(32)12-11-20-9-7-6-8-10-20)29(30,4)23(21)18-24(31)22(19)17-27(33)35-5/h6-10,19,21-23,25,34H,11-18H2,1-5H3/t19-,21+,22-,23+,25+,29+,30-/m1/s1. The second-order valence-electron chi connectivity index (χ2n) is 12.3. The number of carbonyl (C=O) groups excluding carboxylic acids is 3. The lowest BCUT2D eigenvalue weighted by atomic mass is 9.40. The zero-order chi connectivity index (χ0) is 26.3. The Morgan fingerprint density at radius 1 is 1.06 bits per heavy atom. The number of carbonyl (C=O) groups is 3. The first-order valence-corrected chi connectivity index (χ1v) is 13.5. The fourth-order valence-electron chi connectivity index (χ4n) is 7.97. The van der Waals surface area contributed by atoms with Crippen LogP contribution in [0.4, 0.5) is 0 Å². The highest BCUT2D eigenvalue weighted by molar-refractivity contribution is 5.86. The molecule has 4 rings (SSSR count). The van der Waals surface area contributed by atoms with Crippen molar-refractivity contribution in [2.24, 2.45) is 34.5 Å². The van der Waals surface area contributed by atoms with Gasteiger partial charge in [0, 0.05) is 24.2 Å². The molecule has 3 saturated carbocycles. The van der Waals surface area contributed by atoms with Gasteiger partial charge in [0.25, 0.3) is 0 Å². The molecule has 3 aliphatic carbocycles. The topological polar surface area (TPSA) is 89.9 Å². The molecule has 1 aromatic carbocycles. The SMILES string of the molecule is COC(=O)C[C@H]1C(=O)C[C@H]2[C@@H](CC[C@@]3(O)C(C)(C)CC[C@H](OC(=O)CCc4ccccc4)[C@]23C)[C@H]1C. The number of fused-ring (bicyclic) bond motifs is 3. The third-order valence-corrected chi connectivity index (χ3v) is 10.3. The summed E-state index contributed by atoms with van der Waals surface area (Å²) in [6, 6.07) is 9.88. The minimum atomic E-state index is -1.06. The van der Waals surface area contributed by atoms with E-state index in [1.807, 2.05) is 30.3 Å². The molecule has 6 heteroatoms. The maximum atomic E-state index is 13.4. The van der Waals surface area contributed by atoms with Crippen molar-refractivity contribution in [2.75, 3.05) is 7.11 Å². The van der Waals surface area contributed by atoms with Crippen LogP contribution in [0.25, 0.3) is 0 Å². The van der Waals surface area contributed by atoms with Crippen LogP contribution < -0.4 is 0 Å². The normalized spacial score (nSPS) is 37.4. The van der Waals surface area contributed by atoms with Crippen LogP contribution >= 0.6 is 0 Å². The molecule has 1 N–H and O–H groups in total. The van der Waals surface area contributed by atoms with Gasteiger partial charge in [0.05, 0.1) is 19.1 Å². The monoisotopic (exact) mass is 498 g/mol. The molecule has 3 fully saturated rings. The predicted molar refractivity (Wildman–Crippen MR) is 136 cm³/mol. The second-order valence-corrected chi connectivity index (χ2v) is 12.3. The number of aliphatic hydroxyl groups is 1. The van der Waals surface area contributed by atoms with Gasteiger partial charge in [0.1, 0.15) is 11.9 Å². The predicted octanol–water partition coefficient (Wildman–Crippen LogP) is 4.90. The number of benzene rings is 1. The summed E-state index contributed by atoms with van der Waals surface area (Å²) in [6.45, 7) is 8.33. The number of hydrogen-bond acceptors (Lipinski definition) is 6. The lowest BCUT2D eigenvalue weighted by Gasteiger charge is -2.68. The molecule has 3 aliphatic rings. The Labute approximate surface area is 215 Å². The number of ketones is 1. The molecule has 0 heterocycles. The second kappa shape index (κ2) is 9.92. The number of rotatable bonds is 6. The van der Waals surface area contributed by atoms with Crippen LogP contribution in [0.1, 0.15) is 78.2 Å². The molecule has 0 aromatic heterocycles. The summed E-state index contributed by atoms with van der Waals surface area (Å²) in [6.07, 6.45) is 3.64. The van der Waals surface area contributed by atoms with Gasteiger partial charge >= 0.3 is 11.9 Å². The van der Waals surface area contributed by atoms with Crippen LogP contribution in [-0.4, -0.2) is 41.6 Å². The van der Waals surface area contributed by atoms with E-state index in [0.717, 1.165) is 18.4 Å². The zero-order valence-corrected chi connectivity index (χ0v) is 22.4. The summed E-state index contributed by atoms with van der Waals surface area (Å²) in [7, 11) is 1.35. The van der Waals surface area contributed by atoms with Crippen molar-refractivity contribution in [1.82, 2.24) is 0 Å². The number of esters is 2. The number of methoxy groups -OCH3 is 1. The Morgan fingerprint density at radius 2 is 1.75 bits per heavy atom. The van der Waals surface area contributed by atoms with Crippen molar-refractivity contribution in [1.29, 1.82) is 0 Å². The van der Waals surface area contributed by atoms with E-state index in [4.69, 9.17) is 9.47 Å². The molecule has 198 valence electrons. The van der Waals surface area contributed by atoms with Crippen molar-refractivity contribution < 1.29 is 29.0 Å². The number of Topliss-reactive ketones (excluding diaryl/α,β-unsaturated/α-hetero) is 1. The molecule has 36 heavy (non-hydrogen) atoms. The van der Waals surface area contributed by atoms with E-state index in [9.17, 15) is 19.5 Å². The minimum Gasteiger partial charge on any atom is -0.469 e. The van der Waals surface area contributed by atoms with E-state index in [-0.39, 0.29) is 59.7 Å². The molecule has 0 saturated heterocycles. The molecule has 0 spiro atoms. The van der Waals surface area contributed by atoms with Gasteiger partial charge < -0.3 is 14.6 Å². The van der Waals surface area contributed by atoms with Crippen molar-refractivity contribution in [2.45, 2.75) is 90.8 Å². The number of aryl methyl sites for hydroxylation is 1. The Morgan fingerprint density at radius 3 is 2.42 bits per heavy atom. The highest BCUT2D eigenvalue weighted by Gasteiger charge is 2.70. The average Bonchev–Trinajstić information content (AvgIpc) is 2.85. The molecule has 0 bridgehead atoms. The summed E-state index contributed by atoms with van der Waals surface area (Å²) in [5.74, 6) is -0.874. The van der Waals surface area contributed by atoms with Gasteiger partial charge in [-0.05, 0) is 60.8 Å². The molecular weight excluding hydrogens is 456 g/mol. The van der Waals surface area contributed by atoms with E-state index < -0.39 is 17.1 Å². The summed E-state index contributed by atoms with van der Waals surface area (Å²) in [5.41, 5.74) is -1.09. The molecule has 6 nitrogen and oxygen atoms in total. The molecule has 0 amide bonds. The number of hydrogen-bond donors (Lipinski definition) is 1. The van der Waals surface area contributed by atoms with Crippen molar-refractivity contribution in [3.8, 4) is 0 Å². The summed E-state index contributed by atoms with van der Waals surface area (Å²) >= 11 is 0. The third kappa shape index (κ3) is 4.40. The largest absolute Gasteiger partial charge is 0.469 e. The highest BCUT2D eigenvalue weighted by Crippen LogP contribution is 2.67.